The van der Waals surface area contributed by atoms with Gasteiger partial charge in [0, 0.05) is 18.5 Å². The Morgan fingerprint density at radius 3 is 2.60 bits per heavy atom. The van der Waals surface area contributed by atoms with E-state index in [2.05, 4.69) is 47.8 Å². The van der Waals surface area contributed by atoms with Gasteiger partial charge in [-0.15, -0.1) is 0 Å². The number of likely N-dealkylation sites (N-methyl/N-ethyl adjacent to an activating group) is 1. The molecule has 4 nitrogen and oxygen atoms in total. The van der Waals surface area contributed by atoms with Gasteiger partial charge in [-0.2, -0.15) is 5.10 Å². The van der Waals surface area contributed by atoms with Gasteiger partial charge in [0.1, 0.15) is 12.2 Å². The van der Waals surface area contributed by atoms with Crippen molar-refractivity contribution in [3.05, 3.63) is 12.2 Å². The molecule has 0 spiro atoms. The van der Waals surface area contributed by atoms with E-state index in [0.29, 0.717) is 17.5 Å². The summed E-state index contributed by atoms with van der Waals surface area (Å²) in [6.07, 6.45) is 9.49. The summed E-state index contributed by atoms with van der Waals surface area (Å²) in [6, 6.07) is 0.892. The van der Waals surface area contributed by atoms with Crippen LogP contribution in [-0.4, -0.2) is 27.4 Å². The second kappa shape index (κ2) is 6.70. The molecule has 114 valence electrons. The van der Waals surface area contributed by atoms with Crippen LogP contribution in [0.1, 0.15) is 71.7 Å². The average Bonchev–Trinajstić information content (AvgIpc) is 2.87. The molecule has 2 rings (SSSR count). The third kappa shape index (κ3) is 3.40. The summed E-state index contributed by atoms with van der Waals surface area (Å²) in [7, 11) is 0. The van der Waals surface area contributed by atoms with E-state index in [1.807, 2.05) is 0 Å². The fraction of sp³-hybridized carbons (Fsp3) is 0.875. The molecule has 1 heterocycles. The highest BCUT2D eigenvalue weighted by Gasteiger charge is 2.35. The number of nitrogens with one attached hydrogen (secondary N) is 1. The summed E-state index contributed by atoms with van der Waals surface area (Å²) in [6.45, 7) is 10.0. The second-order valence-corrected chi connectivity index (χ2v) is 6.74. The maximum atomic E-state index is 4.50. The molecule has 0 saturated heterocycles. The number of hydrogen-bond donors (Lipinski definition) is 1. The first kappa shape index (κ1) is 15.5. The molecule has 1 unspecified atom stereocenters. The highest BCUT2D eigenvalue weighted by molar-refractivity contribution is 4.98. The van der Waals surface area contributed by atoms with Crippen LogP contribution < -0.4 is 5.32 Å². The van der Waals surface area contributed by atoms with Gasteiger partial charge in [0.2, 0.25) is 0 Å². The highest BCUT2D eigenvalue weighted by atomic mass is 15.3. The molecule has 1 atom stereocenters. The van der Waals surface area contributed by atoms with Crippen LogP contribution in [0.25, 0.3) is 0 Å². The molecule has 0 aromatic carbocycles. The van der Waals surface area contributed by atoms with Crippen LogP contribution in [0.4, 0.5) is 0 Å². The highest BCUT2D eigenvalue weighted by Crippen LogP contribution is 2.39. The molecule has 1 aromatic rings. The molecule has 4 heteroatoms. The number of rotatable bonds is 6. The van der Waals surface area contributed by atoms with Crippen molar-refractivity contribution in [3.63, 3.8) is 0 Å². The lowest BCUT2D eigenvalue weighted by atomic mass is 9.69. The molecule has 1 fully saturated rings. The summed E-state index contributed by atoms with van der Waals surface area (Å²) in [5.74, 6) is 1.12. The molecule has 20 heavy (non-hydrogen) atoms. The summed E-state index contributed by atoms with van der Waals surface area (Å²) < 4.78 is 2.07. The van der Waals surface area contributed by atoms with Crippen LogP contribution in [0, 0.1) is 5.41 Å². The lowest BCUT2D eigenvalue weighted by molar-refractivity contribution is 0.142. The minimum atomic E-state index is 0.383. The Kier molecular flexibility index (Phi) is 5.19. The average molecular weight is 278 g/mol. The maximum Gasteiger partial charge on any atom is 0.138 e. The standard InChI is InChI=1S/C16H30N4/c1-5-17-14(16(4)9-7-6-8-10-16)11-15-18-12-19-20(15)13(2)3/h12-14,17H,5-11H2,1-4H3. The van der Waals surface area contributed by atoms with Crippen molar-refractivity contribution in [2.24, 2.45) is 5.41 Å². The molecule has 0 radical (unpaired) electrons. The van der Waals surface area contributed by atoms with E-state index in [0.717, 1.165) is 18.8 Å². The number of hydrogen-bond acceptors (Lipinski definition) is 3. The normalized spacial score (nSPS) is 20.2. The fourth-order valence-electron chi connectivity index (χ4n) is 3.55. The summed E-state index contributed by atoms with van der Waals surface area (Å²) in [4.78, 5) is 4.50. The smallest absolute Gasteiger partial charge is 0.138 e. The summed E-state index contributed by atoms with van der Waals surface area (Å²) in [5, 5.41) is 8.09. The van der Waals surface area contributed by atoms with Gasteiger partial charge in [-0.1, -0.05) is 33.1 Å². The van der Waals surface area contributed by atoms with Crippen LogP contribution in [0.5, 0.6) is 0 Å². The van der Waals surface area contributed by atoms with Crippen molar-refractivity contribution in [2.45, 2.75) is 78.3 Å². The Balaban J connectivity index is 2.14. The maximum absolute atomic E-state index is 4.50. The van der Waals surface area contributed by atoms with Gasteiger partial charge in [-0.3, -0.25) is 0 Å². The van der Waals surface area contributed by atoms with E-state index in [9.17, 15) is 0 Å². The molecule has 1 aromatic heterocycles. The van der Waals surface area contributed by atoms with E-state index in [1.165, 1.54) is 32.1 Å². The zero-order valence-electron chi connectivity index (χ0n) is 13.5. The topological polar surface area (TPSA) is 42.7 Å². The van der Waals surface area contributed by atoms with Crippen LogP contribution in [-0.2, 0) is 6.42 Å². The Bertz CT molecular complexity index is 404. The monoisotopic (exact) mass is 278 g/mol. The Morgan fingerprint density at radius 2 is 2.00 bits per heavy atom. The molecule has 1 aliphatic rings. The van der Waals surface area contributed by atoms with Gasteiger partial charge in [0.25, 0.3) is 0 Å². The van der Waals surface area contributed by atoms with Gasteiger partial charge >= 0.3 is 0 Å². The lowest BCUT2D eigenvalue weighted by Gasteiger charge is -2.41. The molecule has 0 aliphatic heterocycles. The van der Waals surface area contributed by atoms with Gasteiger partial charge in [0.05, 0.1) is 0 Å². The van der Waals surface area contributed by atoms with E-state index in [4.69, 9.17) is 0 Å². The molecule has 1 saturated carbocycles. The first-order valence-corrected chi connectivity index (χ1v) is 8.18. The first-order chi connectivity index (χ1) is 9.57. The Morgan fingerprint density at radius 1 is 1.30 bits per heavy atom. The Labute approximate surface area is 123 Å². The Hall–Kier alpha value is -0.900. The number of nitrogens with zero attached hydrogens (tertiary/aromatic N) is 3. The minimum Gasteiger partial charge on any atom is -0.313 e. The van der Waals surface area contributed by atoms with E-state index in [1.54, 1.807) is 6.33 Å². The molecule has 1 N–H and O–H groups in total. The first-order valence-electron chi connectivity index (χ1n) is 8.18. The van der Waals surface area contributed by atoms with Crippen LogP contribution >= 0.6 is 0 Å². The van der Waals surface area contributed by atoms with Crippen molar-refractivity contribution in [1.29, 1.82) is 0 Å². The van der Waals surface area contributed by atoms with Crippen molar-refractivity contribution in [1.82, 2.24) is 20.1 Å². The van der Waals surface area contributed by atoms with E-state index >= 15 is 0 Å². The third-order valence-corrected chi connectivity index (χ3v) is 4.81. The zero-order valence-corrected chi connectivity index (χ0v) is 13.5. The summed E-state index contributed by atoms with van der Waals surface area (Å²) in [5.41, 5.74) is 0.405. The molecule has 1 aliphatic carbocycles. The van der Waals surface area contributed by atoms with Gasteiger partial charge < -0.3 is 5.32 Å². The molecular weight excluding hydrogens is 248 g/mol. The van der Waals surface area contributed by atoms with Crippen LogP contribution in [0.3, 0.4) is 0 Å². The SMILES string of the molecule is CCNC(Cc1ncnn1C(C)C)C1(C)CCCCC1. The van der Waals surface area contributed by atoms with Gasteiger partial charge in [-0.05, 0) is 38.6 Å². The van der Waals surface area contributed by atoms with Crippen LogP contribution in [0.2, 0.25) is 0 Å². The summed E-state index contributed by atoms with van der Waals surface area (Å²) >= 11 is 0. The van der Waals surface area contributed by atoms with Crippen molar-refractivity contribution in [3.8, 4) is 0 Å². The second-order valence-electron chi connectivity index (χ2n) is 6.74. The molecule has 0 amide bonds. The van der Waals surface area contributed by atoms with Crippen molar-refractivity contribution >= 4 is 0 Å². The van der Waals surface area contributed by atoms with Crippen LogP contribution in [0.15, 0.2) is 6.33 Å². The van der Waals surface area contributed by atoms with Crippen molar-refractivity contribution in [2.75, 3.05) is 6.54 Å². The predicted octanol–water partition coefficient (Wildman–Crippen LogP) is 3.35. The largest absolute Gasteiger partial charge is 0.313 e. The third-order valence-electron chi connectivity index (χ3n) is 4.81. The number of aromatic nitrogens is 3. The lowest BCUT2D eigenvalue weighted by Crippen LogP contribution is -2.46. The predicted molar refractivity (Wildman–Crippen MR) is 82.8 cm³/mol. The molecule has 0 bridgehead atoms. The van der Waals surface area contributed by atoms with Gasteiger partial charge in [0.15, 0.2) is 0 Å². The fourth-order valence-corrected chi connectivity index (χ4v) is 3.55. The quantitative estimate of drug-likeness (QED) is 0.867. The van der Waals surface area contributed by atoms with E-state index in [-0.39, 0.29) is 0 Å². The van der Waals surface area contributed by atoms with E-state index < -0.39 is 0 Å². The molecular formula is C16H30N4. The zero-order chi connectivity index (χ0) is 14.6. The van der Waals surface area contributed by atoms with Gasteiger partial charge in [-0.25, -0.2) is 9.67 Å². The minimum absolute atomic E-state index is 0.383. The van der Waals surface area contributed by atoms with Crippen molar-refractivity contribution < 1.29 is 0 Å².